The Hall–Kier alpha value is -2.63. The maximum atomic E-state index is 13.6. The van der Waals surface area contributed by atoms with Gasteiger partial charge in [0.25, 0.3) is 5.91 Å². The molecule has 1 amide bonds. The predicted molar refractivity (Wildman–Crippen MR) is 72.8 cm³/mol. The lowest BCUT2D eigenvalue weighted by Gasteiger charge is -2.07. The van der Waals surface area contributed by atoms with E-state index in [4.69, 9.17) is 10.5 Å². The van der Waals surface area contributed by atoms with Crippen LogP contribution >= 0.6 is 0 Å². The molecule has 0 fully saturated rings. The second-order valence-electron chi connectivity index (χ2n) is 4.13. The summed E-state index contributed by atoms with van der Waals surface area (Å²) in [6.07, 6.45) is 1.57. The first-order chi connectivity index (χ1) is 9.60. The number of nitrogens with zero attached hydrogens (tertiary/aromatic N) is 1. The molecule has 0 aliphatic carbocycles. The number of nitrogen functional groups attached to an aromatic ring is 1. The van der Waals surface area contributed by atoms with Crippen LogP contribution in [0.5, 0.6) is 5.88 Å². The van der Waals surface area contributed by atoms with Crippen LogP contribution in [0.1, 0.15) is 15.9 Å². The largest absolute Gasteiger partial charge is 0.481 e. The van der Waals surface area contributed by atoms with Crippen LogP contribution in [0, 0.1) is 5.82 Å². The van der Waals surface area contributed by atoms with Crippen molar-refractivity contribution >= 4 is 11.6 Å². The van der Waals surface area contributed by atoms with E-state index in [2.05, 4.69) is 10.3 Å². The SMILES string of the molecule is COc1cc(CNC(=O)c2ccc(N)cc2F)ccn1. The van der Waals surface area contributed by atoms with Gasteiger partial charge >= 0.3 is 0 Å². The molecule has 0 saturated carbocycles. The van der Waals surface area contributed by atoms with Gasteiger partial charge in [-0.2, -0.15) is 0 Å². The summed E-state index contributed by atoms with van der Waals surface area (Å²) in [6, 6.07) is 7.38. The van der Waals surface area contributed by atoms with E-state index in [1.54, 1.807) is 18.3 Å². The van der Waals surface area contributed by atoms with Gasteiger partial charge in [-0.25, -0.2) is 9.37 Å². The molecule has 1 heterocycles. The Morgan fingerprint density at radius 3 is 2.90 bits per heavy atom. The van der Waals surface area contributed by atoms with Gasteiger partial charge in [-0.1, -0.05) is 0 Å². The van der Waals surface area contributed by atoms with Crippen LogP contribution < -0.4 is 15.8 Å². The van der Waals surface area contributed by atoms with Crippen molar-refractivity contribution in [3.05, 3.63) is 53.5 Å². The van der Waals surface area contributed by atoms with Gasteiger partial charge in [0.2, 0.25) is 5.88 Å². The van der Waals surface area contributed by atoms with E-state index in [0.717, 1.165) is 11.6 Å². The van der Waals surface area contributed by atoms with Crippen molar-refractivity contribution < 1.29 is 13.9 Å². The van der Waals surface area contributed by atoms with Gasteiger partial charge in [0.05, 0.1) is 12.7 Å². The topological polar surface area (TPSA) is 77.2 Å². The molecule has 0 bridgehead atoms. The lowest BCUT2D eigenvalue weighted by molar-refractivity contribution is 0.0947. The molecule has 0 atom stereocenters. The first-order valence-corrected chi connectivity index (χ1v) is 5.92. The Labute approximate surface area is 115 Å². The highest BCUT2D eigenvalue weighted by atomic mass is 19.1. The zero-order valence-electron chi connectivity index (χ0n) is 10.9. The van der Waals surface area contributed by atoms with Crippen LogP contribution in [0.25, 0.3) is 0 Å². The predicted octanol–water partition coefficient (Wildman–Crippen LogP) is 1.74. The number of carbonyl (C=O) groups is 1. The number of ether oxygens (including phenoxy) is 1. The molecule has 5 nitrogen and oxygen atoms in total. The highest BCUT2D eigenvalue weighted by molar-refractivity contribution is 5.94. The third kappa shape index (κ3) is 3.23. The number of benzene rings is 1. The number of anilines is 1. The highest BCUT2D eigenvalue weighted by Gasteiger charge is 2.11. The number of nitrogens with two attached hydrogens (primary N) is 1. The minimum Gasteiger partial charge on any atom is -0.481 e. The molecule has 1 aromatic carbocycles. The lowest BCUT2D eigenvalue weighted by Crippen LogP contribution is -2.23. The molecule has 1 aromatic heterocycles. The van der Waals surface area contributed by atoms with Gasteiger partial charge in [-0.15, -0.1) is 0 Å². The minimum atomic E-state index is -0.644. The number of methoxy groups -OCH3 is 1. The molecule has 0 spiro atoms. The Morgan fingerprint density at radius 1 is 1.40 bits per heavy atom. The van der Waals surface area contributed by atoms with E-state index in [1.807, 2.05) is 0 Å². The zero-order chi connectivity index (χ0) is 14.5. The van der Waals surface area contributed by atoms with Gasteiger partial charge in [0, 0.05) is 24.5 Å². The summed E-state index contributed by atoms with van der Waals surface area (Å²) in [7, 11) is 1.51. The van der Waals surface area contributed by atoms with Crippen LogP contribution in [0.4, 0.5) is 10.1 Å². The first-order valence-electron chi connectivity index (χ1n) is 5.92. The van der Waals surface area contributed by atoms with Crippen molar-refractivity contribution in [1.82, 2.24) is 10.3 Å². The van der Waals surface area contributed by atoms with Crippen molar-refractivity contribution in [2.75, 3.05) is 12.8 Å². The number of rotatable bonds is 4. The molecule has 0 aliphatic heterocycles. The minimum absolute atomic E-state index is 0.0415. The van der Waals surface area contributed by atoms with Crippen LogP contribution in [-0.2, 0) is 6.54 Å². The molecule has 2 aromatic rings. The molecule has 104 valence electrons. The number of nitrogens with one attached hydrogen (secondary N) is 1. The number of hydrogen-bond donors (Lipinski definition) is 2. The van der Waals surface area contributed by atoms with Crippen molar-refractivity contribution in [3.63, 3.8) is 0 Å². The third-order valence-corrected chi connectivity index (χ3v) is 2.70. The Morgan fingerprint density at radius 2 is 2.20 bits per heavy atom. The normalized spacial score (nSPS) is 10.1. The molecule has 0 saturated heterocycles. The van der Waals surface area contributed by atoms with Crippen molar-refractivity contribution in [3.8, 4) is 5.88 Å². The third-order valence-electron chi connectivity index (χ3n) is 2.70. The molecule has 3 N–H and O–H groups in total. The summed E-state index contributed by atoms with van der Waals surface area (Å²) >= 11 is 0. The standard InChI is InChI=1S/C14H14FN3O2/c1-20-13-6-9(4-5-17-13)8-18-14(19)11-3-2-10(16)7-12(11)15/h2-7H,8,16H2,1H3,(H,18,19). The van der Waals surface area contributed by atoms with E-state index < -0.39 is 11.7 Å². The number of pyridine rings is 1. The summed E-state index contributed by atoms with van der Waals surface area (Å²) in [5.74, 6) is -0.691. The molecule has 0 aliphatic rings. The number of amides is 1. The van der Waals surface area contributed by atoms with E-state index in [-0.39, 0.29) is 17.8 Å². The molecule has 6 heteroatoms. The van der Waals surface area contributed by atoms with Crippen molar-refractivity contribution in [2.45, 2.75) is 6.54 Å². The van der Waals surface area contributed by atoms with Gasteiger partial charge in [0.15, 0.2) is 0 Å². The summed E-state index contributed by atoms with van der Waals surface area (Å²) < 4.78 is 18.6. The van der Waals surface area contributed by atoms with E-state index in [9.17, 15) is 9.18 Å². The average Bonchev–Trinajstić information content (AvgIpc) is 2.45. The van der Waals surface area contributed by atoms with Crippen LogP contribution in [-0.4, -0.2) is 18.0 Å². The Kier molecular flexibility index (Phi) is 4.14. The molecular formula is C14H14FN3O2. The van der Waals surface area contributed by atoms with Crippen molar-refractivity contribution in [2.24, 2.45) is 0 Å². The van der Waals surface area contributed by atoms with Gasteiger partial charge in [-0.05, 0) is 29.8 Å². The fraction of sp³-hybridized carbons (Fsp3) is 0.143. The number of halogens is 1. The van der Waals surface area contributed by atoms with E-state index in [1.165, 1.54) is 19.2 Å². The maximum Gasteiger partial charge on any atom is 0.254 e. The maximum absolute atomic E-state index is 13.6. The van der Waals surface area contributed by atoms with Crippen LogP contribution in [0.2, 0.25) is 0 Å². The fourth-order valence-corrected chi connectivity index (χ4v) is 1.67. The quantitative estimate of drug-likeness (QED) is 0.833. The Bertz CT molecular complexity index is 632. The van der Waals surface area contributed by atoms with Crippen LogP contribution in [0.3, 0.4) is 0 Å². The monoisotopic (exact) mass is 275 g/mol. The highest BCUT2D eigenvalue weighted by Crippen LogP contribution is 2.12. The summed E-state index contributed by atoms with van der Waals surface area (Å²) in [4.78, 5) is 15.8. The fourth-order valence-electron chi connectivity index (χ4n) is 1.67. The molecule has 0 radical (unpaired) electrons. The molecule has 0 unspecified atom stereocenters. The lowest BCUT2D eigenvalue weighted by atomic mass is 10.1. The number of hydrogen-bond acceptors (Lipinski definition) is 4. The second-order valence-corrected chi connectivity index (χ2v) is 4.13. The summed E-state index contributed by atoms with van der Waals surface area (Å²) in [5.41, 5.74) is 6.47. The first kappa shape index (κ1) is 13.8. The summed E-state index contributed by atoms with van der Waals surface area (Å²) in [5, 5.41) is 2.62. The smallest absolute Gasteiger partial charge is 0.254 e. The second kappa shape index (κ2) is 6.01. The zero-order valence-corrected chi connectivity index (χ0v) is 10.9. The summed E-state index contributed by atoms with van der Waals surface area (Å²) in [6.45, 7) is 0.252. The molecular weight excluding hydrogens is 261 g/mol. The van der Waals surface area contributed by atoms with Gasteiger partial charge in [-0.3, -0.25) is 4.79 Å². The number of aromatic nitrogens is 1. The van der Waals surface area contributed by atoms with Crippen molar-refractivity contribution in [1.29, 1.82) is 0 Å². The molecule has 20 heavy (non-hydrogen) atoms. The van der Waals surface area contributed by atoms with Gasteiger partial charge in [0.1, 0.15) is 5.82 Å². The van der Waals surface area contributed by atoms with Gasteiger partial charge < -0.3 is 15.8 Å². The van der Waals surface area contributed by atoms with E-state index >= 15 is 0 Å². The van der Waals surface area contributed by atoms with E-state index in [0.29, 0.717) is 5.88 Å². The number of carbonyl (C=O) groups excluding carboxylic acids is 1. The average molecular weight is 275 g/mol. The molecule has 2 rings (SSSR count). The Balaban J connectivity index is 2.04. The van der Waals surface area contributed by atoms with Crippen LogP contribution in [0.15, 0.2) is 36.5 Å².